The van der Waals surface area contributed by atoms with Crippen LogP contribution in [0.3, 0.4) is 0 Å². The van der Waals surface area contributed by atoms with Gasteiger partial charge < -0.3 is 46.0 Å². The molecule has 4 N–H and O–H groups in total. The standard InChI is InChI=1S/C16H20F3NO5.C14H18F3NO4.C2H6O.B.Na.H/c1-5-23-13(21)12(20-14(22)25-15(2,3)4)10-7-6-8-11(9-10)24-16(17,18)19;1-13(2,3)22-12(20)18-11(8-19)9-5-4-6-10(7-9)21-14(15,16)17;1-2-3;;;/h6-9,12H,5H2,1-4H3,(H,20,22);4-7,11,19H,8H2,1-3H3,(H,18,20);3H,2H2,1H3;;;/q;;;;+1;-1/t12-;11-;;;;/m10..../s1. The molecule has 0 heterocycles. The Morgan fingerprint density at radius 2 is 1.12 bits per heavy atom. The van der Waals surface area contributed by atoms with Crippen molar-refractivity contribution in [2.24, 2.45) is 0 Å². The molecule has 2 amide bonds. The van der Waals surface area contributed by atoms with E-state index in [0.717, 1.165) is 24.3 Å². The van der Waals surface area contributed by atoms with Crippen molar-refractivity contribution in [3.8, 4) is 11.5 Å². The van der Waals surface area contributed by atoms with Crippen LogP contribution in [0, 0.1) is 0 Å². The molecule has 289 valence electrons. The van der Waals surface area contributed by atoms with Crippen LogP contribution in [-0.4, -0.2) is 80.5 Å². The van der Waals surface area contributed by atoms with E-state index < -0.39 is 72.3 Å². The van der Waals surface area contributed by atoms with E-state index in [2.05, 4.69) is 20.1 Å². The average molecular weight is 766 g/mol. The molecule has 0 saturated carbocycles. The second-order valence-corrected chi connectivity index (χ2v) is 11.8. The number of alkyl halides is 6. The van der Waals surface area contributed by atoms with Gasteiger partial charge in [-0.05, 0) is 90.8 Å². The summed E-state index contributed by atoms with van der Waals surface area (Å²) in [5.41, 5.74) is -1.23. The number of hydrogen-bond donors (Lipinski definition) is 4. The van der Waals surface area contributed by atoms with E-state index in [9.17, 15) is 45.8 Å². The second kappa shape index (κ2) is 24.0. The van der Waals surface area contributed by atoms with E-state index in [4.69, 9.17) is 19.3 Å². The molecule has 0 aliphatic heterocycles. The maximum atomic E-state index is 12.3. The maximum absolute atomic E-state index is 12.3. The molecular weight excluding hydrogens is 720 g/mol. The number of aliphatic hydroxyl groups is 2. The Morgan fingerprint density at radius 1 is 0.731 bits per heavy atom. The van der Waals surface area contributed by atoms with Gasteiger partial charge in [0.05, 0.1) is 19.3 Å². The van der Waals surface area contributed by atoms with Crippen LogP contribution < -0.4 is 49.7 Å². The van der Waals surface area contributed by atoms with Gasteiger partial charge in [0.15, 0.2) is 6.04 Å². The number of benzene rings is 2. The van der Waals surface area contributed by atoms with Crippen LogP contribution in [0.1, 0.15) is 80.0 Å². The fourth-order valence-electron chi connectivity index (χ4n) is 3.43. The van der Waals surface area contributed by atoms with Crippen molar-refractivity contribution < 1.29 is 106 Å². The summed E-state index contributed by atoms with van der Waals surface area (Å²) < 4.78 is 96.2. The first-order chi connectivity index (χ1) is 22.8. The maximum Gasteiger partial charge on any atom is 1.00 e. The molecule has 20 heteroatoms. The number of carbonyl (C=O) groups excluding carboxylic acids is 3. The largest absolute Gasteiger partial charge is 1.00 e. The van der Waals surface area contributed by atoms with Gasteiger partial charge in [0.25, 0.3) is 0 Å². The van der Waals surface area contributed by atoms with Crippen molar-refractivity contribution in [2.75, 3.05) is 19.8 Å². The topological polar surface area (TPSA) is 162 Å². The minimum atomic E-state index is -4.88. The summed E-state index contributed by atoms with van der Waals surface area (Å²) in [7, 11) is 0. The molecule has 2 atom stereocenters. The fraction of sp³-hybridized carbons (Fsp3) is 0.531. The summed E-state index contributed by atoms with van der Waals surface area (Å²) in [6.07, 6.45) is -11.4. The number of ether oxygens (including phenoxy) is 5. The first-order valence-electron chi connectivity index (χ1n) is 14.9. The van der Waals surface area contributed by atoms with Gasteiger partial charge in [-0.25, -0.2) is 14.4 Å². The Morgan fingerprint density at radius 3 is 1.48 bits per heavy atom. The summed E-state index contributed by atoms with van der Waals surface area (Å²) in [6.45, 7) is 12.9. The first kappa shape index (κ1) is 53.0. The van der Waals surface area contributed by atoms with E-state index in [-0.39, 0.29) is 63.7 Å². The summed E-state index contributed by atoms with van der Waals surface area (Å²) in [6, 6.07) is 7.45. The number of rotatable bonds is 9. The molecule has 2 aromatic carbocycles. The van der Waals surface area contributed by atoms with Crippen LogP contribution in [0.4, 0.5) is 35.9 Å². The van der Waals surface area contributed by atoms with Gasteiger partial charge in [-0.1, -0.05) is 24.3 Å². The van der Waals surface area contributed by atoms with Gasteiger partial charge in [0, 0.05) is 15.0 Å². The normalized spacial score (nSPS) is 12.2. The third kappa shape index (κ3) is 25.5. The molecular formula is C32H45BF6N2NaO10. The number of alkyl carbamates (subject to hydrolysis) is 2. The molecule has 2 rings (SSSR count). The van der Waals surface area contributed by atoms with Gasteiger partial charge in [-0.2, -0.15) is 0 Å². The first-order valence-corrected chi connectivity index (χ1v) is 14.9. The number of aliphatic hydroxyl groups excluding tert-OH is 2. The van der Waals surface area contributed by atoms with Crippen LogP contribution >= 0.6 is 0 Å². The van der Waals surface area contributed by atoms with Gasteiger partial charge in [0.2, 0.25) is 0 Å². The van der Waals surface area contributed by atoms with Crippen molar-refractivity contribution >= 4 is 26.6 Å². The number of amides is 2. The molecule has 0 aromatic heterocycles. The molecule has 0 spiro atoms. The predicted octanol–water partition coefficient (Wildman–Crippen LogP) is 3.59. The second-order valence-electron chi connectivity index (χ2n) is 11.8. The molecule has 3 radical (unpaired) electrons. The Labute approximate surface area is 324 Å². The summed E-state index contributed by atoms with van der Waals surface area (Å²) >= 11 is 0. The summed E-state index contributed by atoms with van der Waals surface area (Å²) in [4.78, 5) is 35.7. The number of halogens is 6. The summed E-state index contributed by atoms with van der Waals surface area (Å²) in [5.74, 6) is -1.79. The Bertz CT molecular complexity index is 1360. The molecule has 0 saturated heterocycles. The Balaban J connectivity index is -0.000000402. The van der Waals surface area contributed by atoms with Crippen molar-refractivity contribution in [2.45, 2.75) is 91.4 Å². The van der Waals surface area contributed by atoms with Crippen LogP contribution in [0.15, 0.2) is 48.5 Å². The number of hydrogen-bond acceptors (Lipinski definition) is 10. The van der Waals surface area contributed by atoms with Crippen LogP contribution in [0.2, 0.25) is 0 Å². The zero-order chi connectivity index (χ0) is 38.9. The Hall–Kier alpha value is -3.39. The van der Waals surface area contributed by atoms with Crippen molar-refractivity contribution in [3.05, 3.63) is 59.7 Å². The molecule has 0 fully saturated rings. The van der Waals surface area contributed by atoms with Crippen LogP contribution in [0.5, 0.6) is 11.5 Å². The van der Waals surface area contributed by atoms with Crippen molar-refractivity contribution in [1.29, 1.82) is 0 Å². The fourth-order valence-corrected chi connectivity index (χ4v) is 3.43. The monoisotopic (exact) mass is 765 g/mol. The zero-order valence-corrected chi connectivity index (χ0v) is 32.4. The van der Waals surface area contributed by atoms with E-state index in [1.54, 1.807) is 55.4 Å². The molecule has 0 aliphatic carbocycles. The molecule has 12 nitrogen and oxygen atoms in total. The summed E-state index contributed by atoms with van der Waals surface area (Å²) in [5, 5.41) is 21.6. The van der Waals surface area contributed by atoms with Gasteiger partial charge in [-0.3, -0.25) is 0 Å². The molecule has 2 aromatic rings. The van der Waals surface area contributed by atoms with E-state index in [0.29, 0.717) is 0 Å². The quantitative estimate of drug-likeness (QED) is 0.129. The van der Waals surface area contributed by atoms with Crippen LogP contribution in [-0.2, 0) is 19.0 Å². The number of esters is 1. The minimum absolute atomic E-state index is 0. The number of carbonyl (C=O) groups is 3. The minimum Gasteiger partial charge on any atom is -1.00 e. The Kier molecular flexibility index (Phi) is 24.5. The SMILES string of the molecule is CC(C)(C)OC(=O)N[C@@H](CO)c1cccc(OC(F)(F)F)c1.CCO.CCOC(=O)[C@H](NC(=O)OC(C)(C)C)c1cccc(OC(F)(F)F)c1.[B].[H-].[Na+]. The van der Waals surface area contributed by atoms with Gasteiger partial charge in [-0.15, -0.1) is 26.3 Å². The van der Waals surface area contributed by atoms with E-state index in [1.807, 2.05) is 0 Å². The van der Waals surface area contributed by atoms with Crippen LogP contribution in [0.25, 0.3) is 0 Å². The van der Waals surface area contributed by atoms with Gasteiger partial charge >= 0.3 is 60.4 Å². The predicted molar refractivity (Wildman–Crippen MR) is 174 cm³/mol. The average Bonchev–Trinajstić information content (AvgIpc) is 2.92. The van der Waals surface area contributed by atoms with Crippen molar-refractivity contribution in [3.63, 3.8) is 0 Å². The number of nitrogens with one attached hydrogen (secondary N) is 2. The van der Waals surface area contributed by atoms with E-state index >= 15 is 0 Å². The molecule has 0 unspecified atom stereocenters. The molecule has 0 bridgehead atoms. The molecule has 0 aliphatic rings. The van der Waals surface area contributed by atoms with Gasteiger partial charge in [0.1, 0.15) is 22.7 Å². The third-order valence-corrected chi connectivity index (χ3v) is 4.98. The zero-order valence-electron chi connectivity index (χ0n) is 31.4. The van der Waals surface area contributed by atoms with E-state index in [1.165, 1.54) is 24.3 Å². The van der Waals surface area contributed by atoms with Crippen molar-refractivity contribution in [1.82, 2.24) is 10.6 Å². The molecule has 52 heavy (non-hydrogen) atoms. The third-order valence-electron chi connectivity index (χ3n) is 4.98. The smallest absolute Gasteiger partial charge is 1.00 e.